The number of anilines is 2. The lowest BCUT2D eigenvalue weighted by molar-refractivity contribution is 0.245. The van der Waals surface area contributed by atoms with Crippen LogP contribution in [0, 0.1) is 0 Å². The molecule has 1 aliphatic heterocycles. The molecule has 3 N–H and O–H groups in total. The van der Waals surface area contributed by atoms with Gasteiger partial charge in [0.05, 0.1) is 0 Å². The summed E-state index contributed by atoms with van der Waals surface area (Å²) in [5, 5.41) is 3.81. The second-order valence-electron chi connectivity index (χ2n) is 5.50. The number of hydrogen-bond acceptors (Lipinski definition) is 5. The fourth-order valence-corrected chi connectivity index (χ4v) is 3.41. The number of halogens is 1. The summed E-state index contributed by atoms with van der Waals surface area (Å²) in [7, 11) is 0. The Labute approximate surface area is 118 Å². The van der Waals surface area contributed by atoms with E-state index in [4.69, 9.17) is 17.3 Å². The molecule has 0 bridgehead atoms. The summed E-state index contributed by atoms with van der Waals surface area (Å²) in [6, 6.07) is 2.97. The minimum atomic E-state index is 0.223. The molecule has 1 aromatic rings. The van der Waals surface area contributed by atoms with Gasteiger partial charge in [0, 0.05) is 31.2 Å². The highest BCUT2D eigenvalue weighted by atomic mass is 35.5. The number of likely N-dealkylation sites (tertiary alicyclic amines) is 1. The molecule has 2 aliphatic rings. The van der Waals surface area contributed by atoms with Crippen molar-refractivity contribution in [1.29, 1.82) is 0 Å². The predicted octanol–water partition coefficient (Wildman–Crippen LogP) is 2.14. The van der Waals surface area contributed by atoms with Crippen LogP contribution in [0.4, 0.5) is 11.8 Å². The van der Waals surface area contributed by atoms with E-state index in [2.05, 4.69) is 20.2 Å². The first-order valence-electron chi connectivity index (χ1n) is 7.01. The maximum atomic E-state index is 5.89. The highest BCUT2D eigenvalue weighted by Gasteiger charge is 2.29. The van der Waals surface area contributed by atoms with E-state index >= 15 is 0 Å². The topological polar surface area (TPSA) is 67.1 Å². The average Bonchev–Trinajstić information content (AvgIpc) is 2.96. The van der Waals surface area contributed by atoms with Crippen molar-refractivity contribution >= 4 is 23.4 Å². The number of rotatable bonds is 3. The Kier molecular flexibility index (Phi) is 3.75. The molecular weight excluding hydrogens is 262 g/mol. The van der Waals surface area contributed by atoms with Gasteiger partial charge in [0.25, 0.3) is 0 Å². The molecule has 5 nitrogen and oxygen atoms in total. The van der Waals surface area contributed by atoms with Gasteiger partial charge >= 0.3 is 0 Å². The van der Waals surface area contributed by atoms with Crippen molar-refractivity contribution in [3.05, 3.63) is 11.2 Å². The van der Waals surface area contributed by atoms with Crippen molar-refractivity contribution in [2.24, 2.45) is 0 Å². The minimum absolute atomic E-state index is 0.223. The zero-order chi connectivity index (χ0) is 13.2. The summed E-state index contributed by atoms with van der Waals surface area (Å²) >= 11 is 5.89. The molecule has 19 heavy (non-hydrogen) atoms. The van der Waals surface area contributed by atoms with Gasteiger partial charge in [0.1, 0.15) is 11.0 Å². The maximum absolute atomic E-state index is 5.89. The molecule has 1 saturated heterocycles. The molecule has 1 aliphatic carbocycles. The summed E-state index contributed by atoms with van der Waals surface area (Å²) in [4.78, 5) is 10.6. The van der Waals surface area contributed by atoms with Crippen molar-refractivity contribution in [3.63, 3.8) is 0 Å². The minimum Gasteiger partial charge on any atom is -0.368 e. The van der Waals surface area contributed by atoms with Crippen LogP contribution in [-0.4, -0.2) is 40.0 Å². The largest absolute Gasteiger partial charge is 0.368 e. The van der Waals surface area contributed by atoms with Crippen LogP contribution >= 0.6 is 11.6 Å². The van der Waals surface area contributed by atoms with Crippen LogP contribution in [-0.2, 0) is 0 Å². The van der Waals surface area contributed by atoms with Gasteiger partial charge in [-0.1, -0.05) is 24.4 Å². The fraction of sp³-hybridized carbons (Fsp3) is 0.692. The van der Waals surface area contributed by atoms with Gasteiger partial charge in [0.15, 0.2) is 0 Å². The van der Waals surface area contributed by atoms with Gasteiger partial charge in [-0.25, -0.2) is 4.98 Å². The SMILES string of the molecule is Nc1nc(Cl)cc(NC2CCN(C3CCCC3)C2)n1. The average molecular weight is 282 g/mol. The molecule has 1 aromatic heterocycles. The van der Waals surface area contributed by atoms with Gasteiger partial charge in [-0.15, -0.1) is 0 Å². The van der Waals surface area contributed by atoms with Crippen molar-refractivity contribution in [1.82, 2.24) is 14.9 Å². The Hall–Kier alpha value is -1.07. The van der Waals surface area contributed by atoms with Gasteiger partial charge in [-0.2, -0.15) is 4.98 Å². The second kappa shape index (κ2) is 5.51. The molecular formula is C13H20ClN5. The van der Waals surface area contributed by atoms with E-state index in [0.717, 1.165) is 24.8 Å². The summed E-state index contributed by atoms with van der Waals surface area (Å²) < 4.78 is 0. The summed E-state index contributed by atoms with van der Waals surface area (Å²) in [5.41, 5.74) is 5.60. The van der Waals surface area contributed by atoms with Gasteiger partial charge in [-0.05, 0) is 19.3 Å². The van der Waals surface area contributed by atoms with Crippen LogP contribution < -0.4 is 11.1 Å². The normalized spacial score (nSPS) is 25.0. The quantitative estimate of drug-likeness (QED) is 0.831. The van der Waals surface area contributed by atoms with Crippen molar-refractivity contribution < 1.29 is 0 Å². The van der Waals surface area contributed by atoms with Crippen molar-refractivity contribution in [2.45, 2.75) is 44.2 Å². The van der Waals surface area contributed by atoms with Crippen LogP contribution in [0.3, 0.4) is 0 Å². The lowest BCUT2D eigenvalue weighted by Gasteiger charge is -2.23. The van der Waals surface area contributed by atoms with E-state index in [9.17, 15) is 0 Å². The molecule has 2 fully saturated rings. The van der Waals surface area contributed by atoms with Gasteiger partial charge in [-0.3, -0.25) is 4.90 Å². The summed E-state index contributed by atoms with van der Waals surface area (Å²) in [6.45, 7) is 2.27. The Bertz CT molecular complexity index is 426. The zero-order valence-electron chi connectivity index (χ0n) is 11.0. The van der Waals surface area contributed by atoms with Crippen LogP contribution in [0.5, 0.6) is 0 Å². The van der Waals surface area contributed by atoms with E-state index in [1.807, 2.05) is 0 Å². The molecule has 0 spiro atoms. The Morgan fingerprint density at radius 3 is 2.79 bits per heavy atom. The number of nitrogens with zero attached hydrogens (tertiary/aromatic N) is 3. The standard InChI is InChI=1S/C13H20ClN5/c14-11-7-12(18-13(15)17-11)16-9-5-6-19(8-9)10-3-1-2-4-10/h7,9-10H,1-6,8H2,(H3,15,16,17,18). The Balaban J connectivity index is 1.59. The van der Waals surface area contributed by atoms with Crippen molar-refractivity contribution in [2.75, 3.05) is 24.1 Å². The third kappa shape index (κ3) is 3.09. The summed E-state index contributed by atoms with van der Waals surface area (Å²) in [6.07, 6.45) is 6.64. The lowest BCUT2D eigenvalue weighted by Crippen LogP contribution is -2.33. The first-order valence-corrected chi connectivity index (χ1v) is 7.39. The van der Waals surface area contributed by atoms with E-state index in [0.29, 0.717) is 11.2 Å². The number of hydrogen-bond donors (Lipinski definition) is 2. The van der Waals surface area contributed by atoms with E-state index in [-0.39, 0.29) is 5.95 Å². The maximum Gasteiger partial charge on any atom is 0.223 e. The number of nitrogen functional groups attached to an aromatic ring is 1. The Morgan fingerprint density at radius 2 is 2.05 bits per heavy atom. The highest BCUT2D eigenvalue weighted by Crippen LogP contribution is 2.27. The molecule has 0 radical (unpaired) electrons. The second-order valence-corrected chi connectivity index (χ2v) is 5.88. The molecule has 104 valence electrons. The third-order valence-electron chi connectivity index (χ3n) is 4.12. The van der Waals surface area contributed by atoms with E-state index in [1.165, 1.54) is 32.2 Å². The van der Waals surface area contributed by atoms with E-state index in [1.54, 1.807) is 6.07 Å². The molecule has 0 aromatic carbocycles. The molecule has 1 unspecified atom stereocenters. The number of nitrogens with one attached hydrogen (secondary N) is 1. The predicted molar refractivity (Wildman–Crippen MR) is 77.3 cm³/mol. The highest BCUT2D eigenvalue weighted by molar-refractivity contribution is 6.29. The molecule has 2 heterocycles. The van der Waals surface area contributed by atoms with Gasteiger partial charge < -0.3 is 11.1 Å². The monoisotopic (exact) mass is 281 g/mol. The van der Waals surface area contributed by atoms with Crippen LogP contribution in [0.25, 0.3) is 0 Å². The Morgan fingerprint density at radius 1 is 1.26 bits per heavy atom. The van der Waals surface area contributed by atoms with Crippen LogP contribution in [0.2, 0.25) is 5.15 Å². The summed E-state index contributed by atoms with van der Waals surface area (Å²) in [5.74, 6) is 0.955. The lowest BCUT2D eigenvalue weighted by atomic mass is 10.2. The first-order chi connectivity index (χ1) is 9.20. The van der Waals surface area contributed by atoms with Crippen LogP contribution in [0.15, 0.2) is 6.07 Å². The zero-order valence-corrected chi connectivity index (χ0v) is 11.7. The molecule has 6 heteroatoms. The molecule has 1 saturated carbocycles. The van der Waals surface area contributed by atoms with Crippen LogP contribution in [0.1, 0.15) is 32.1 Å². The molecule has 3 rings (SSSR count). The van der Waals surface area contributed by atoms with Crippen molar-refractivity contribution in [3.8, 4) is 0 Å². The van der Waals surface area contributed by atoms with E-state index < -0.39 is 0 Å². The fourth-order valence-electron chi connectivity index (χ4n) is 3.22. The number of nitrogens with two attached hydrogens (primary N) is 1. The smallest absolute Gasteiger partial charge is 0.223 e. The third-order valence-corrected chi connectivity index (χ3v) is 4.32. The number of aromatic nitrogens is 2. The molecule has 0 amide bonds. The van der Waals surface area contributed by atoms with Gasteiger partial charge in [0.2, 0.25) is 5.95 Å². The first kappa shape index (κ1) is 12.9. The molecule has 1 atom stereocenters.